The maximum Gasteiger partial charge on any atom is 0.307 e. The summed E-state index contributed by atoms with van der Waals surface area (Å²) < 4.78 is 4.17. The highest BCUT2D eigenvalue weighted by molar-refractivity contribution is 9.10. The molecule has 0 saturated heterocycles. The quantitative estimate of drug-likeness (QED) is 0.410. The second-order valence-electron chi connectivity index (χ2n) is 6.29. The number of aryl methyl sites for hydroxylation is 1. The fourth-order valence-corrected chi connectivity index (χ4v) is 3.14. The number of benzene rings is 1. The Bertz CT molecular complexity index is 995. The van der Waals surface area contributed by atoms with Gasteiger partial charge in [0.05, 0.1) is 28.2 Å². The van der Waals surface area contributed by atoms with E-state index in [9.17, 15) is 14.9 Å². The first-order chi connectivity index (χ1) is 13.4. The van der Waals surface area contributed by atoms with E-state index in [1.807, 2.05) is 29.9 Å². The number of carbonyl (C=O) groups is 1. The van der Waals surface area contributed by atoms with Crippen LogP contribution in [0.1, 0.15) is 28.5 Å². The third kappa shape index (κ3) is 4.45. The topological polar surface area (TPSA) is 99.1 Å². The number of rotatable bonds is 7. The minimum atomic E-state index is -0.483. The fourth-order valence-electron chi connectivity index (χ4n) is 2.70. The van der Waals surface area contributed by atoms with Crippen molar-refractivity contribution < 1.29 is 9.72 Å². The zero-order valence-corrected chi connectivity index (χ0v) is 17.0. The molecule has 0 saturated carbocycles. The average molecular weight is 447 g/mol. The molecule has 0 atom stereocenters. The number of amides is 1. The molecule has 0 aliphatic carbocycles. The zero-order valence-electron chi connectivity index (χ0n) is 15.4. The second-order valence-corrected chi connectivity index (χ2v) is 7.15. The van der Waals surface area contributed by atoms with E-state index in [4.69, 9.17) is 0 Å². The Balaban J connectivity index is 1.65. The predicted octanol–water partition coefficient (Wildman–Crippen LogP) is 3.09. The van der Waals surface area contributed by atoms with Crippen LogP contribution in [0.4, 0.5) is 5.69 Å². The molecule has 0 N–H and O–H groups in total. The largest absolute Gasteiger partial charge is 0.336 e. The van der Waals surface area contributed by atoms with Crippen LogP contribution in [0.2, 0.25) is 0 Å². The molecule has 0 unspecified atom stereocenters. The van der Waals surface area contributed by atoms with E-state index in [-0.39, 0.29) is 11.6 Å². The minimum absolute atomic E-state index is 0.0508. The molecule has 0 bridgehead atoms. The van der Waals surface area contributed by atoms with Crippen LogP contribution in [0, 0.1) is 10.1 Å². The van der Waals surface area contributed by atoms with Gasteiger partial charge in [0, 0.05) is 25.4 Å². The summed E-state index contributed by atoms with van der Waals surface area (Å²) in [5.74, 6) is -0.112. The molecule has 10 heteroatoms. The summed E-state index contributed by atoms with van der Waals surface area (Å²) in [7, 11) is 1.73. The van der Waals surface area contributed by atoms with Gasteiger partial charge in [-0.2, -0.15) is 10.2 Å². The van der Waals surface area contributed by atoms with Gasteiger partial charge in [-0.1, -0.05) is 12.1 Å². The highest BCUT2D eigenvalue weighted by Crippen LogP contribution is 2.18. The van der Waals surface area contributed by atoms with E-state index in [0.29, 0.717) is 18.7 Å². The van der Waals surface area contributed by atoms with Crippen LogP contribution in [0.3, 0.4) is 0 Å². The number of hydrogen-bond acceptors (Lipinski definition) is 5. The van der Waals surface area contributed by atoms with Crippen LogP contribution in [0.25, 0.3) is 0 Å². The van der Waals surface area contributed by atoms with Crippen molar-refractivity contribution in [2.24, 2.45) is 0 Å². The summed E-state index contributed by atoms with van der Waals surface area (Å²) in [6, 6.07) is 7.12. The maximum absolute atomic E-state index is 12.7. The second kappa shape index (κ2) is 8.34. The van der Waals surface area contributed by atoms with E-state index in [2.05, 4.69) is 26.1 Å². The van der Waals surface area contributed by atoms with Crippen molar-refractivity contribution >= 4 is 27.5 Å². The van der Waals surface area contributed by atoms with Crippen molar-refractivity contribution in [3.8, 4) is 0 Å². The maximum atomic E-state index is 12.7. The van der Waals surface area contributed by atoms with Crippen LogP contribution in [-0.4, -0.2) is 42.3 Å². The van der Waals surface area contributed by atoms with Crippen LogP contribution < -0.4 is 0 Å². The first-order valence-electron chi connectivity index (χ1n) is 8.60. The summed E-state index contributed by atoms with van der Waals surface area (Å²) in [6.45, 7) is 3.54. The molecule has 0 aliphatic rings. The Labute approximate surface area is 169 Å². The van der Waals surface area contributed by atoms with Crippen molar-refractivity contribution in [3.05, 3.63) is 74.3 Å². The van der Waals surface area contributed by atoms with E-state index in [0.717, 1.165) is 22.3 Å². The Hall–Kier alpha value is -3.01. The van der Waals surface area contributed by atoms with Gasteiger partial charge < -0.3 is 4.90 Å². The molecule has 3 rings (SSSR count). The van der Waals surface area contributed by atoms with Gasteiger partial charge in [-0.25, -0.2) is 0 Å². The number of halogens is 1. The van der Waals surface area contributed by atoms with Crippen LogP contribution in [0.5, 0.6) is 0 Å². The molecule has 2 heterocycles. The van der Waals surface area contributed by atoms with Crippen LogP contribution in [0.15, 0.2) is 47.3 Å². The Morgan fingerprint density at radius 1 is 1.25 bits per heavy atom. The highest BCUT2D eigenvalue weighted by atomic mass is 79.9. The molecule has 1 aromatic carbocycles. The number of carbonyl (C=O) groups excluding carboxylic acids is 1. The number of nitrogens with zero attached hydrogens (tertiary/aromatic N) is 6. The molecule has 3 aromatic rings. The Kier molecular flexibility index (Phi) is 5.88. The third-order valence-electron chi connectivity index (χ3n) is 4.22. The molecule has 9 nitrogen and oxygen atoms in total. The lowest BCUT2D eigenvalue weighted by Crippen LogP contribution is -2.26. The van der Waals surface area contributed by atoms with E-state index >= 15 is 0 Å². The summed E-state index contributed by atoms with van der Waals surface area (Å²) in [5, 5.41) is 19.1. The molecule has 0 spiro atoms. The average Bonchev–Trinajstić information content (AvgIpc) is 3.28. The summed E-state index contributed by atoms with van der Waals surface area (Å²) in [4.78, 5) is 24.5. The monoisotopic (exact) mass is 446 g/mol. The molecular formula is C18H19BrN6O3. The van der Waals surface area contributed by atoms with Crippen molar-refractivity contribution in [2.75, 3.05) is 7.05 Å². The number of hydrogen-bond donors (Lipinski definition) is 0. The SMILES string of the molecule is CCn1cc(Br)c(CN(C)C(=O)c2ccc(Cn3cc([N+](=O)[O-])cn3)cc2)n1. The smallest absolute Gasteiger partial charge is 0.307 e. The lowest BCUT2D eigenvalue weighted by molar-refractivity contribution is -0.385. The number of nitro groups is 1. The van der Waals surface area contributed by atoms with Gasteiger partial charge in [0.25, 0.3) is 5.91 Å². The van der Waals surface area contributed by atoms with E-state index in [1.165, 1.54) is 17.1 Å². The van der Waals surface area contributed by atoms with Crippen molar-refractivity contribution in [3.63, 3.8) is 0 Å². The standard InChI is InChI=1S/C18H19BrN6O3/c1-3-23-11-16(19)17(21-23)12-22(2)18(26)14-6-4-13(5-7-14)9-24-10-15(8-20-24)25(27)28/h4-8,10-11H,3,9,12H2,1-2H3. The lowest BCUT2D eigenvalue weighted by Gasteiger charge is -2.16. The Morgan fingerprint density at radius 2 is 1.96 bits per heavy atom. The molecule has 2 aromatic heterocycles. The highest BCUT2D eigenvalue weighted by Gasteiger charge is 2.16. The van der Waals surface area contributed by atoms with E-state index < -0.39 is 4.92 Å². The first-order valence-corrected chi connectivity index (χ1v) is 9.39. The van der Waals surface area contributed by atoms with Crippen LogP contribution >= 0.6 is 15.9 Å². The van der Waals surface area contributed by atoms with Gasteiger partial charge in [0.2, 0.25) is 0 Å². The normalized spacial score (nSPS) is 10.8. The molecule has 28 heavy (non-hydrogen) atoms. The molecule has 0 aliphatic heterocycles. The fraction of sp³-hybridized carbons (Fsp3) is 0.278. The van der Waals surface area contributed by atoms with E-state index in [1.54, 1.807) is 24.1 Å². The summed E-state index contributed by atoms with van der Waals surface area (Å²) >= 11 is 3.47. The summed E-state index contributed by atoms with van der Waals surface area (Å²) in [5.41, 5.74) is 2.20. The van der Waals surface area contributed by atoms with Gasteiger partial charge in [0.15, 0.2) is 0 Å². The third-order valence-corrected chi connectivity index (χ3v) is 4.88. The summed E-state index contributed by atoms with van der Waals surface area (Å²) in [6.07, 6.45) is 4.48. The van der Waals surface area contributed by atoms with Gasteiger partial charge in [-0.15, -0.1) is 0 Å². The van der Waals surface area contributed by atoms with Crippen molar-refractivity contribution in [1.29, 1.82) is 0 Å². The van der Waals surface area contributed by atoms with Gasteiger partial charge in [0.1, 0.15) is 12.4 Å². The van der Waals surface area contributed by atoms with Gasteiger partial charge in [-0.3, -0.25) is 24.3 Å². The Morgan fingerprint density at radius 3 is 2.54 bits per heavy atom. The van der Waals surface area contributed by atoms with Gasteiger partial charge in [-0.05, 0) is 40.5 Å². The van der Waals surface area contributed by atoms with Crippen molar-refractivity contribution in [2.45, 2.75) is 26.6 Å². The number of aromatic nitrogens is 4. The van der Waals surface area contributed by atoms with Crippen molar-refractivity contribution in [1.82, 2.24) is 24.5 Å². The first kappa shape index (κ1) is 19.7. The molecule has 0 radical (unpaired) electrons. The lowest BCUT2D eigenvalue weighted by atomic mass is 10.1. The minimum Gasteiger partial charge on any atom is -0.336 e. The molecule has 146 valence electrons. The van der Waals surface area contributed by atoms with Crippen LogP contribution in [-0.2, 0) is 19.6 Å². The molecular weight excluding hydrogens is 428 g/mol. The molecule has 0 fully saturated rings. The zero-order chi connectivity index (χ0) is 20.3. The predicted molar refractivity (Wildman–Crippen MR) is 106 cm³/mol. The molecule has 1 amide bonds. The van der Waals surface area contributed by atoms with Gasteiger partial charge >= 0.3 is 5.69 Å².